The summed E-state index contributed by atoms with van der Waals surface area (Å²) < 4.78 is 11.2. The van der Waals surface area contributed by atoms with Crippen LogP contribution >= 0.6 is 0 Å². The van der Waals surface area contributed by atoms with Gasteiger partial charge in [-0.1, -0.05) is 0 Å². The average molecular weight is 200 g/mol. The molecule has 82 valence electrons. The highest BCUT2D eigenvalue weighted by molar-refractivity contribution is 4.89. The third-order valence-electron chi connectivity index (χ3n) is 3.59. The van der Waals surface area contributed by atoms with Crippen molar-refractivity contribution in [2.45, 2.75) is 32.3 Å². The Hall–Kier alpha value is -0.120. The second-order valence-corrected chi connectivity index (χ2v) is 4.74. The topological polar surface area (TPSA) is 38.7 Å². The minimum Gasteiger partial charge on any atom is -0.396 e. The van der Waals surface area contributed by atoms with Crippen molar-refractivity contribution in [1.82, 2.24) is 0 Å². The van der Waals surface area contributed by atoms with Crippen LogP contribution in [0.4, 0.5) is 0 Å². The normalized spacial score (nSPS) is 37.7. The molecule has 0 spiro atoms. The first kappa shape index (κ1) is 10.4. The third kappa shape index (κ3) is 2.10. The lowest BCUT2D eigenvalue weighted by molar-refractivity contribution is -0.0383. The molecule has 1 aliphatic carbocycles. The van der Waals surface area contributed by atoms with E-state index in [4.69, 9.17) is 9.47 Å². The molecule has 1 aliphatic heterocycles. The van der Waals surface area contributed by atoms with Crippen LogP contribution < -0.4 is 0 Å². The van der Waals surface area contributed by atoms with Crippen LogP contribution in [0.3, 0.4) is 0 Å². The van der Waals surface area contributed by atoms with Gasteiger partial charge in [-0.2, -0.15) is 0 Å². The standard InChI is InChI=1S/C11H20O3/c1-9-11(7-12,4-5-14-9)8-13-6-10-2-3-10/h9-10,12H,2-8H2,1H3. The molecule has 0 aromatic heterocycles. The average Bonchev–Trinajstić information content (AvgIpc) is 2.93. The highest BCUT2D eigenvalue weighted by Gasteiger charge is 2.41. The van der Waals surface area contributed by atoms with Crippen LogP contribution in [0.5, 0.6) is 0 Å². The summed E-state index contributed by atoms with van der Waals surface area (Å²) in [6.07, 6.45) is 3.69. The van der Waals surface area contributed by atoms with Crippen molar-refractivity contribution in [1.29, 1.82) is 0 Å². The van der Waals surface area contributed by atoms with Crippen LogP contribution in [-0.2, 0) is 9.47 Å². The van der Waals surface area contributed by atoms with Gasteiger partial charge in [0.1, 0.15) is 0 Å². The van der Waals surface area contributed by atoms with Crippen LogP contribution in [-0.4, -0.2) is 37.6 Å². The van der Waals surface area contributed by atoms with E-state index in [-0.39, 0.29) is 18.1 Å². The van der Waals surface area contributed by atoms with Crippen molar-refractivity contribution in [2.24, 2.45) is 11.3 Å². The maximum absolute atomic E-state index is 9.41. The Bertz CT molecular complexity index is 191. The molecule has 14 heavy (non-hydrogen) atoms. The van der Waals surface area contributed by atoms with E-state index in [1.807, 2.05) is 6.92 Å². The van der Waals surface area contributed by atoms with E-state index < -0.39 is 0 Å². The zero-order valence-corrected chi connectivity index (χ0v) is 8.87. The first-order valence-electron chi connectivity index (χ1n) is 5.57. The van der Waals surface area contributed by atoms with Gasteiger partial charge in [0.2, 0.25) is 0 Å². The van der Waals surface area contributed by atoms with Crippen molar-refractivity contribution >= 4 is 0 Å². The van der Waals surface area contributed by atoms with Gasteiger partial charge in [0.25, 0.3) is 0 Å². The fraction of sp³-hybridized carbons (Fsp3) is 1.00. The zero-order chi connectivity index (χ0) is 10.0. The zero-order valence-electron chi connectivity index (χ0n) is 8.87. The lowest BCUT2D eigenvalue weighted by atomic mass is 9.83. The summed E-state index contributed by atoms with van der Waals surface area (Å²) in [6.45, 7) is 4.49. The highest BCUT2D eigenvalue weighted by Crippen LogP contribution is 2.36. The van der Waals surface area contributed by atoms with Gasteiger partial charge in [0, 0.05) is 18.6 Å². The highest BCUT2D eigenvalue weighted by atomic mass is 16.5. The number of hydrogen-bond donors (Lipinski definition) is 1. The number of aliphatic hydroxyl groups excluding tert-OH is 1. The monoisotopic (exact) mass is 200 g/mol. The minimum atomic E-state index is -0.130. The fourth-order valence-corrected chi connectivity index (χ4v) is 1.98. The molecule has 1 heterocycles. The summed E-state index contributed by atoms with van der Waals surface area (Å²) in [5.74, 6) is 0.795. The summed E-state index contributed by atoms with van der Waals surface area (Å²) >= 11 is 0. The fourth-order valence-electron chi connectivity index (χ4n) is 1.98. The Kier molecular flexibility index (Phi) is 3.10. The molecular formula is C11H20O3. The molecule has 3 nitrogen and oxygen atoms in total. The summed E-state index contributed by atoms with van der Waals surface area (Å²) in [4.78, 5) is 0. The molecule has 0 aromatic carbocycles. The molecule has 1 saturated heterocycles. The lowest BCUT2D eigenvalue weighted by Gasteiger charge is -2.29. The van der Waals surface area contributed by atoms with E-state index in [2.05, 4.69) is 0 Å². The summed E-state index contributed by atoms with van der Waals surface area (Å²) in [5, 5.41) is 9.41. The molecule has 3 heteroatoms. The predicted molar refractivity (Wildman–Crippen MR) is 53.1 cm³/mol. The molecule has 1 saturated carbocycles. The van der Waals surface area contributed by atoms with Crippen molar-refractivity contribution in [3.05, 3.63) is 0 Å². The molecule has 0 radical (unpaired) electrons. The van der Waals surface area contributed by atoms with Gasteiger partial charge < -0.3 is 14.6 Å². The van der Waals surface area contributed by atoms with Crippen LogP contribution in [0, 0.1) is 11.3 Å². The first-order valence-corrected chi connectivity index (χ1v) is 5.57. The largest absolute Gasteiger partial charge is 0.396 e. The van der Waals surface area contributed by atoms with Crippen molar-refractivity contribution in [2.75, 3.05) is 26.4 Å². The summed E-state index contributed by atoms with van der Waals surface area (Å²) in [7, 11) is 0. The second-order valence-electron chi connectivity index (χ2n) is 4.74. The lowest BCUT2D eigenvalue weighted by Crippen LogP contribution is -2.37. The number of aliphatic hydroxyl groups is 1. The van der Waals surface area contributed by atoms with Gasteiger partial charge in [-0.15, -0.1) is 0 Å². The Morgan fingerprint density at radius 1 is 1.50 bits per heavy atom. The first-order chi connectivity index (χ1) is 6.77. The quantitative estimate of drug-likeness (QED) is 0.724. The Morgan fingerprint density at radius 2 is 2.29 bits per heavy atom. The van der Waals surface area contributed by atoms with Crippen LogP contribution in [0.1, 0.15) is 26.2 Å². The smallest absolute Gasteiger partial charge is 0.0648 e. The molecule has 2 fully saturated rings. The maximum Gasteiger partial charge on any atom is 0.0648 e. The van der Waals surface area contributed by atoms with Crippen molar-refractivity contribution < 1.29 is 14.6 Å². The molecular weight excluding hydrogens is 180 g/mol. The second kappa shape index (κ2) is 4.17. The van der Waals surface area contributed by atoms with E-state index in [1.54, 1.807) is 0 Å². The van der Waals surface area contributed by atoms with Crippen molar-refractivity contribution in [3.63, 3.8) is 0 Å². The molecule has 0 amide bonds. The predicted octanol–water partition coefficient (Wildman–Crippen LogP) is 1.20. The third-order valence-corrected chi connectivity index (χ3v) is 3.59. The molecule has 2 unspecified atom stereocenters. The molecule has 2 rings (SSSR count). The molecule has 0 aromatic rings. The minimum absolute atomic E-state index is 0.130. The van der Waals surface area contributed by atoms with E-state index in [0.29, 0.717) is 6.61 Å². The van der Waals surface area contributed by atoms with Gasteiger partial charge in [0.15, 0.2) is 0 Å². The van der Waals surface area contributed by atoms with Gasteiger partial charge >= 0.3 is 0 Å². The summed E-state index contributed by atoms with van der Waals surface area (Å²) in [6, 6.07) is 0. The Morgan fingerprint density at radius 3 is 2.79 bits per heavy atom. The van der Waals surface area contributed by atoms with Gasteiger partial charge in [-0.3, -0.25) is 0 Å². The number of hydrogen-bond acceptors (Lipinski definition) is 3. The van der Waals surface area contributed by atoms with Crippen LogP contribution in [0.25, 0.3) is 0 Å². The molecule has 0 bridgehead atoms. The van der Waals surface area contributed by atoms with Gasteiger partial charge in [0.05, 0.1) is 19.3 Å². The molecule has 2 aliphatic rings. The Labute approximate surface area is 85.4 Å². The molecule has 2 atom stereocenters. The SMILES string of the molecule is CC1OCCC1(CO)COCC1CC1. The van der Waals surface area contributed by atoms with E-state index in [1.165, 1.54) is 12.8 Å². The van der Waals surface area contributed by atoms with E-state index in [9.17, 15) is 5.11 Å². The van der Waals surface area contributed by atoms with Crippen LogP contribution in [0.15, 0.2) is 0 Å². The molecule has 1 N–H and O–H groups in total. The summed E-state index contributed by atoms with van der Waals surface area (Å²) in [5.41, 5.74) is -0.130. The van der Waals surface area contributed by atoms with Crippen LogP contribution in [0.2, 0.25) is 0 Å². The number of ether oxygens (including phenoxy) is 2. The number of rotatable bonds is 5. The Balaban J connectivity index is 1.78. The van der Waals surface area contributed by atoms with E-state index >= 15 is 0 Å². The van der Waals surface area contributed by atoms with Crippen molar-refractivity contribution in [3.8, 4) is 0 Å². The van der Waals surface area contributed by atoms with E-state index in [0.717, 1.165) is 25.6 Å². The van der Waals surface area contributed by atoms with Gasteiger partial charge in [-0.05, 0) is 32.1 Å². The van der Waals surface area contributed by atoms with Gasteiger partial charge in [-0.25, -0.2) is 0 Å². The maximum atomic E-state index is 9.41.